The number of carbonyl (C=O) groups excluding carboxylic acids is 2. The molecule has 0 spiro atoms. The monoisotopic (exact) mass is 457 g/mol. The van der Waals surface area contributed by atoms with Gasteiger partial charge in [0.05, 0.1) is 12.0 Å². The standard InChI is InChI=1S/C23H27N3O5S/c1-15-13-17-14-20(10-11-21(17)26(15)16(2)27)32(29,30)25-12-4-5-22(25)23(28)24-18-6-8-19(31-3)9-7-18/h6-11,14-15,22H,4-5,12-13H2,1-3H3,(H,24,28). The summed E-state index contributed by atoms with van der Waals surface area (Å²) < 4.78 is 33.3. The lowest BCUT2D eigenvalue weighted by Crippen LogP contribution is -2.43. The number of nitrogens with zero attached hydrogens (tertiary/aromatic N) is 2. The van der Waals surface area contributed by atoms with Crippen LogP contribution in [0.15, 0.2) is 47.4 Å². The highest BCUT2D eigenvalue weighted by atomic mass is 32.2. The lowest BCUT2D eigenvalue weighted by atomic mass is 10.1. The number of nitrogens with one attached hydrogen (secondary N) is 1. The number of ether oxygens (including phenoxy) is 1. The first-order chi connectivity index (χ1) is 15.2. The molecule has 2 aliphatic rings. The van der Waals surface area contributed by atoms with Crippen LogP contribution in [-0.4, -0.2) is 50.3 Å². The summed E-state index contributed by atoms with van der Waals surface area (Å²) in [5, 5.41) is 2.81. The van der Waals surface area contributed by atoms with Crippen molar-refractivity contribution in [3.63, 3.8) is 0 Å². The first-order valence-corrected chi connectivity index (χ1v) is 12.1. The van der Waals surface area contributed by atoms with Crippen LogP contribution in [0.5, 0.6) is 5.75 Å². The number of amides is 2. The number of rotatable bonds is 5. The number of anilines is 2. The third-order valence-corrected chi connectivity index (χ3v) is 7.98. The second kappa shape index (κ2) is 8.55. The molecule has 2 amide bonds. The fraction of sp³-hybridized carbons (Fsp3) is 0.391. The fourth-order valence-corrected chi connectivity index (χ4v) is 6.28. The average molecular weight is 458 g/mol. The van der Waals surface area contributed by atoms with Gasteiger partial charge in [-0.3, -0.25) is 9.59 Å². The zero-order valence-corrected chi connectivity index (χ0v) is 19.2. The molecule has 9 heteroatoms. The molecule has 0 saturated carbocycles. The van der Waals surface area contributed by atoms with E-state index in [2.05, 4.69) is 5.32 Å². The molecular weight excluding hydrogens is 430 g/mol. The highest BCUT2D eigenvalue weighted by Gasteiger charge is 2.40. The minimum Gasteiger partial charge on any atom is -0.497 e. The van der Waals surface area contributed by atoms with Gasteiger partial charge >= 0.3 is 0 Å². The zero-order valence-electron chi connectivity index (χ0n) is 18.4. The van der Waals surface area contributed by atoms with Crippen LogP contribution in [0, 0.1) is 0 Å². The number of carbonyl (C=O) groups is 2. The molecule has 2 unspecified atom stereocenters. The maximum absolute atomic E-state index is 13.4. The molecule has 170 valence electrons. The summed E-state index contributed by atoms with van der Waals surface area (Å²) in [5.41, 5.74) is 2.15. The van der Waals surface area contributed by atoms with Crippen molar-refractivity contribution in [1.82, 2.24) is 4.31 Å². The van der Waals surface area contributed by atoms with Crippen LogP contribution < -0.4 is 15.0 Å². The Labute approximate surface area is 188 Å². The first kappa shape index (κ1) is 22.3. The van der Waals surface area contributed by atoms with E-state index in [0.717, 1.165) is 11.3 Å². The van der Waals surface area contributed by atoms with Gasteiger partial charge in [0.1, 0.15) is 11.8 Å². The smallest absolute Gasteiger partial charge is 0.243 e. The van der Waals surface area contributed by atoms with Gasteiger partial charge in [-0.2, -0.15) is 4.31 Å². The van der Waals surface area contributed by atoms with Crippen molar-refractivity contribution in [2.24, 2.45) is 0 Å². The summed E-state index contributed by atoms with van der Waals surface area (Å²) in [7, 11) is -2.30. The third kappa shape index (κ3) is 3.98. The molecule has 8 nitrogen and oxygen atoms in total. The normalized spacial score (nSPS) is 20.8. The molecule has 1 fully saturated rings. The molecule has 2 aliphatic heterocycles. The van der Waals surface area contributed by atoms with Crippen LogP contribution in [0.1, 0.15) is 32.3 Å². The van der Waals surface area contributed by atoms with Gasteiger partial charge in [0.15, 0.2) is 0 Å². The van der Waals surface area contributed by atoms with Gasteiger partial charge in [-0.25, -0.2) is 8.42 Å². The van der Waals surface area contributed by atoms with E-state index in [9.17, 15) is 18.0 Å². The molecule has 32 heavy (non-hydrogen) atoms. The largest absolute Gasteiger partial charge is 0.497 e. The summed E-state index contributed by atoms with van der Waals surface area (Å²) in [4.78, 5) is 26.7. The number of benzene rings is 2. The Bertz CT molecular complexity index is 1150. The molecular formula is C23H27N3O5S. The molecule has 2 aromatic rings. The van der Waals surface area contributed by atoms with E-state index in [4.69, 9.17) is 4.74 Å². The molecule has 0 aromatic heterocycles. The third-order valence-electron chi connectivity index (χ3n) is 6.08. The zero-order chi connectivity index (χ0) is 23.0. The van der Waals surface area contributed by atoms with Crippen molar-refractivity contribution >= 4 is 33.2 Å². The molecule has 0 radical (unpaired) electrons. The van der Waals surface area contributed by atoms with Crippen molar-refractivity contribution in [1.29, 1.82) is 0 Å². The second-order valence-electron chi connectivity index (χ2n) is 8.22. The minimum absolute atomic E-state index is 0.0183. The SMILES string of the molecule is COc1ccc(NC(=O)C2CCCN2S(=O)(=O)c2ccc3c(c2)CC(C)N3C(C)=O)cc1. The average Bonchev–Trinajstić information content (AvgIpc) is 3.38. The molecule has 2 aromatic carbocycles. The molecule has 1 N–H and O–H groups in total. The summed E-state index contributed by atoms with van der Waals surface area (Å²) in [6.45, 7) is 3.73. The lowest BCUT2D eigenvalue weighted by molar-refractivity contribution is -0.119. The van der Waals surface area contributed by atoms with Crippen LogP contribution in [0.3, 0.4) is 0 Å². The molecule has 0 aliphatic carbocycles. The number of fused-ring (bicyclic) bond motifs is 1. The molecule has 0 bridgehead atoms. The number of hydrogen-bond donors (Lipinski definition) is 1. The van der Waals surface area contributed by atoms with E-state index in [-0.39, 0.29) is 29.3 Å². The highest BCUT2D eigenvalue weighted by Crippen LogP contribution is 2.35. The van der Waals surface area contributed by atoms with Gasteiger partial charge in [-0.1, -0.05) is 0 Å². The van der Waals surface area contributed by atoms with Gasteiger partial charge in [0, 0.05) is 30.9 Å². The Hall–Kier alpha value is -2.91. The van der Waals surface area contributed by atoms with Crippen LogP contribution in [0.4, 0.5) is 11.4 Å². The fourth-order valence-electron chi connectivity index (χ4n) is 4.57. The van der Waals surface area contributed by atoms with E-state index in [1.54, 1.807) is 48.4 Å². The topological polar surface area (TPSA) is 96.0 Å². The number of hydrogen-bond acceptors (Lipinski definition) is 5. The van der Waals surface area contributed by atoms with Crippen LogP contribution >= 0.6 is 0 Å². The second-order valence-corrected chi connectivity index (χ2v) is 10.1. The minimum atomic E-state index is -3.86. The maximum atomic E-state index is 13.4. The van der Waals surface area contributed by atoms with Crippen molar-refractivity contribution < 1.29 is 22.7 Å². The van der Waals surface area contributed by atoms with E-state index in [1.165, 1.54) is 17.3 Å². The van der Waals surface area contributed by atoms with Gasteiger partial charge in [0.25, 0.3) is 0 Å². The van der Waals surface area contributed by atoms with Gasteiger partial charge in [-0.05, 0) is 74.2 Å². The quantitative estimate of drug-likeness (QED) is 0.745. The molecule has 2 heterocycles. The highest BCUT2D eigenvalue weighted by molar-refractivity contribution is 7.89. The Kier molecular flexibility index (Phi) is 5.96. The van der Waals surface area contributed by atoms with Crippen molar-refractivity contribution in [3.05, 3.63) is 48.0 Å². The Morgan fingerprint density at radius 1 is 1.12 bits per heavy atom. The van der Waals surface area contributed by atoms with Gasteiger partial charge < -0.3 is 15.0 Å². The van der Waals surface area contributed by atoms with E-state index in [0.29, 0.717) is 30.7 Å². The van der Waals surface area contributed by atoms with Crippen LogP contribution in [0.2, 0.25) is 0 Å². The molecule has 4 rings (SSSR count). The Morgan fingerprint density at radius 3 is 2.50 bits per heavy atom. The van der Waals surface area contributed by atoms with E-state index < -0.39 is 16.1 Å². The molecule has 1 saturated heterocycles. The maximum Gasteiger partial charge on any atom is 0.243 e. The van der Waals surface area contributed by atoms with Crippen LogP contribution in [-0.2, 0) is 26.0 Å². The predicted molar refractivity (Wildman–Crippen MR) is 121 cm³/mol. The first-order valence-electron chi connectivity index (χ1n) is 10.6. The number of methoxy groups -OCH3 is 1. The Balaban J connectivity index is 1.56. The molecule has 2 atom stereocenters. The van der Waals surface area contributed by atoms with Gasteiger partial charge in [0.2, 0.25) is 21.8 Å². The van der Waals surface area contributed by atoms with E-state index in [1.807, 2.05) is 6.92 Å². The van der Waals surface area contributed by atoms with Crippen molar-refractivity contribution in [2.75, 3.05) is 23.9 Å². The van der Waals surface area contributed by atoms with Gasteiger partial charge in [-0.15, -0.1) is 0 Å². The Morgan fingerprint density at radius 2 is 1.84 bits per heavy atom. The summed E-state index contributed by atoms with van der Waals surface area (Å²) >= 11 is 0. The summed E-state index contributed by atoms with van der Waals surface area (Å²) in [6, 6.07) is 11.0. The van der Waals surface area contributed by atoms with Crippen molar-refractivity contribution in [3.8, 4) is 5.75 Å². The number of sulfonamides is 1. The van der Waals surface area contributed by atoms with Crippen molar-refractivity contribution in [2.45, 2.75) is 50.1 Å². The van der Waals surface area contributed by atoms with E-state index >= 15 is 0 Å². The summed E-state index contributed by atoms with van der Waals surface area (Å²) in [6.07, 6.45) is 1.67. The van der Waals surface area contributed by atoms with Crippen LogP contribution in [0.25, 0.3) is 0 Å². The summed E-state index contributed by atoms with van der Waals surface area (Å²) in [5.74, 6) is 0.248. The lowest BCUT2D eigenvalue weighted by Gasteiger charge is -2.24. The predicted octanol–water partition coefficient (Wildman–Crippen LogP) is 2.78.